The Morgan fingerprint density at radius 1 is 1.29 bits per heavy atom. The molecular formula is C20H20Cl2N2O3S. The zero-order chi connectivity index (χ0) is 20.4. The van der Waals surface area contributed by atoms with Crippen molar-refractivity contribution >= 4 is 50.7 Å². The minimum absolute atomic E-state index is 0.0863. The number of thiophene rings is 1. The van der Waals surface area contributed by atoms with E-state index in [-0.39, 0.29) is 17.9 Å². The topological polar surface area (TPSA) is 61.2 Å². The van der Waals surface area contributed by atoms with Crippen LogP contribution in [-0.4, -0.2) is 22.6 Å². The highest BCUT2D eigenvalue weighted by molar-refractivity contribution is 7.18. The van der Waals surface area contributed by atoms with Crippen molar-refractivity contribution in [2.45, 2.75) is 39.7 Å². The summed E-state index contributed by atoms with van der Waals surface area (Å²) < 4.78 is 6.34. The Labute approximate surface area is 176 Å². The summed E-state index contributed by atoms with van der Waals surface area (Å²) in [5.41, 5.74) is 1.70. The number of hydrogen-bond donors (Lipinski definition) is 0. The molecule has 0 saturated heterocycles. The second-order valence-electron chi connectivity index (χ2n) is 6.54. The predicted molar refractivity (Wildman–Crippen MR) is 114 cm³/mol. The molecule has 5 nitrogen and oxygen atoms in total. The van der Waals surface area contributed by atoms with Gasteiger partial charge in [-0.25, -0.2) is 4.98 Å². The molecule has 28 heavy (non-hydrogen) atoms. The average molecular weight is 439 g/mol. The van der Waals surface area contributed by atoms with E-state index < -0.39 is 0 Å². The number of halogens is 2. The maximum atomic E-state index is 13.2. The van der Waals surface area contributed by atoms with Crippen molar-refractivity contribution in [3.8, 4) is 0 Å². The van der Waals surface area contributed by atoms with Crippen molar-refractivity contribution in [2.24, 2.45) is 0 Å². The van der Waals surface area contributed by atoms with Gasteiger partial charge in [0.25, 0.3) is 5.56 Å². The first-order valence-electron chi connectivity index (χ1n) is 8.82. The van der Waals surface area contributed by atoms with Gasteiger partial charge in [-0.05, 0) is 43.5 Å². The van der Waals surface area contributed by atoms with Gasteiger partial charge in [0, 0.05) is 34.3 Å². The highest BCUT2D eigenvalue weighted by Crippen LogP contribution is 2.28. The van der Waals surface area contributed by atoms with Gasteiger partial charge in [0.05, 0.1) is 12.5 Å². The van der Waals surface area contributed by atoms with E-state index in [2.05, 4.69) is 0 Å². The van der Waals surface area contributed by atoms with Gasteiger partial charge in [0.1, 0.15) is 10.7 Å². The normalized spacial score (nSPS) is 11.2. The van der Waals surface area contributed by atoms with Crippen LogP contribution in [0, 0.1) is 13.8 Å². The molecule has 0 unspecified atom stereocenters. The maximum absolute atomic E-state index is 13.2. The number of fused-ring (bicyclic) bond motifs is 1. The van der Waals surface area contributed by atoms with Crippen LogP contribution in [0.3, 0.4) is 0 Å². The lowest BCUT2D eigenvalue weighted by Crippen LogP contribution is -2.26. The van der Waals surface area contributed by atoms with Gasteiger partial charge in [-0.15, -0.1) is 11.3 Å². The van der Waals surface area contributed by atoms with Crippen LogP contribution in [0.2, 0.25) is 10.0 Å². The summed E-state index contributed by atoms with van der Waals surface area (Å²) in [5.74, 6) is 0.319. The van der Waals surface area contributed by atoms with Crippen LogP contribution in [0.25, 0.3) is 10.2 Å². The lowest BCUT2D eigenvalue weighted by atomic mass is 10.1. The van der Waals surface area contributed by atoms with Gasteiger partial charge < -0.3 is 4.74 Å². The highest BCUT2D eigenvalue weighted by atomic mass is 35.5. The van der Waals surface area contributed by atoms with E-state index in [1.54, 1.807) is 16.7 Å². The average Bonchev–Trinajstić information content (AvgIpc) is 2.93. The van der Waals surface area contributed by atoms with Crippen LogP contribution < -0.4 is 5.56 Å². The van der Waals surface area contributed by atoms with Crippen molar-refractivity contribution in [1.82, 2.24) is 9.55 Å². The van der Waals surface area contributed by atoms with Gasteiger partial charge in [0.2, 0.25) is 0 Å². The number of benzene rings is 1. The molecule has 0 spiro atoms. The standard InChI is InChI=1S/C20H20Cl2N2O3S/c1-11-12(2)28-19-18(11)20(26)24(8-4-5-17(25)27-3)16(23-19)9-13-6-7-14(21)10-15(13)22/h6-7,10H,4-5,8-9H2,1-3H3. The first-order chi connectivity index (χ1) is 13.3. The molecule has 148 valence electrons. The molecule has 0 atom stereocenters. The zero-order valence-corrected chi connectivity index (χ0v) is 18.2. The molecule has 0 radical (unpaired) electrons. The number of ether oxygens (including phenoxy) is 1. The van der Waals surface area contributed by atoms with E-state index in [1.807, 2.05) is 19.9 Å². The first-order valence-corrected chi connectivity index (χ1v) is 10.4. The number of methoxy groups -OCH3 is 1. The fourth-order valence-corrected chi connectivity index (χ4v) is 4.57. The first kappa shape index (κ1) is 20.8. The molecule has 1 aromatic carbocycles. The molecule has 8 heteroatoms. The van der Waals surface area contributed by atoms with Gasteiger partial charge in [-0.2, -0.15) is 0 Å². The van der Waals surface area contributed by atoms with Crippen LogP contribution in [0.1, 0.15) is 34.7 Å². The lowest BCUT2D eigenvalue weighted by molar-refractivity contribution is -0.140. The van der Waals surface area contributed by atoms with E-state index in [1.165, 1.54) is 18.4 Å². The lowest BCUT2D eigenvalue weighted by Gasteiger charge is -2.13. The summed E-state index contributed by atoms with van der Waals surface area (Å²) in [6.07, 6.45) is 1.13. The number of aryl methyl sites for hydroxylation is 2. The summed E-state index contributed by atoms with van der Waals surface area (Å²) in [5, 5.41) is 1.73. The van der Waals surface area contributed by atoms with Crippen LogP contribution in [-0.2, 0) is 22.5 Å². The number of aromatic nitrogens is 2. The Morgan fingerprint density at radius 2 is 2.04 bits per heavy atom. The third-order valence-corrected chi connectivity index (χ3v) is 6.41. The number of carbonyl (C=O) groups excluding carboxylic acids is 1. The highest BCUT2D eigenvalue weighted by Gasteiger charge is 2.18. The Balaban J connectivity index is 2.06. The number of nitrogens with zero attached hydrogens (tertiary/aromatic N) is 2. The van der Waals surface area contributed by atoms with Crippen LogP contribution >= 0.6 is 34.5 Å². The zero-order valence-electron chi connectivity index (χ0n) is 15.8. The van der Waals surface area contributed by atoms with E-state index in [4.69, 9.17) is 32.9 Å². The van der Waals surface area contributed by atoms with Crippen molar-refractivity contribution in [3.63, 3.8) is 0 Å². The van der Waals surface area contributed by atoms with Crippen molar-refractivity contribution in [3.05, 3.63) is 60.4 Å². The molecule has 0 N–H and O–H groups in total. The smallest absolute Gasteiger partial charge is 0.305 e. The second-order valence-corrected chi connectivity index (χ2v) is 8.59. The molecular weight excluding hydrogens is 419 g/mol. The molecule has 0 aliphatic heterocycles. The molecule has 0 aliphatic rings. The number of rotatable bonds is 6. The number of carbonyl (C=O) groups is 1. The second kappa shape index (κ2) is 8.64. The molecule has 3 aromatic rings. The van der Waals surface area contributed by atoms with E-state index >= 15 is 0 Å². The van der Waals surface area contributed by atoms with Gasteiger partial charge in [0.15, 0.2) is 0 Å². The van der Waals surface area contributed by atoms with E-state index in [0.29, 0.717) is 40.6 Å². The van der Waals surface area contributed by atoms with Crippen LogP contribution in [0.15, 0.2) is 23.0 Å². The summed E-state index contributed by atoms with van der Waals surface area (Å²) >= 11 is 13.8. The largest absolute Gasteiger partial charge is 0.469 e. The fourth-order valence-electron chi connectivity index (χ4n) is 3.05. The number of hydrogen-bond acceptors (Lipinski definition) is 5. The minimum atomic E-state index is -0.299. The van der Waals surface area contributed by atoms with Crippen molar-refractivity contribution in [2.75, 3.05) is 7.11 Å². The minimum Gasteiger partial charge on any atom is -0.469 e. The molecule has 0 bridgehead atoms. The third kappa shape index (κ3) is 4.24. The SMILES string of the molecule is COC(=O)CCCn1c(Cc2ccc(Cl)cc2Cl)nc2sc(C)c(C)c2c1=O. The molecule has 0 fully saturated rings. The monoisotopic (exact) mass is 438 g/mol. The Hall–Kier alpha value is -1.89. The maximum Gasteiger partial charge on any atom is 0.305 e. The Morgan fingerprint density at radius 3 is 2.71 bits per heavy atom. The van der Waals surface area contributed by atoms with Crippen LogP contribution in [0.4, 0.5) is 0 Å². The molecule has 2 heterocycles. The summed E-state index contributed by atoms with van der Waals surface area (Å²) in [7, 11) is 1.35. The number of esters is 1. The summed E-state index contributed by atoms with van der Waals surface area (Å²) in [4.78, 5) is 31.2. The molecule has 2 aromatic heterocycles. The summed E-state index contributed by atoms with van der Waals surface area (Å²) in [6.45, 7) is 4.30. The predicted octanol–water partition coefficient (Wildman–Crippen LogP) is 4.93. The van der Waals surface area contributed by atoms with Gasteiger partial charge in [-0.3, -0.25) is 14.2 Å². The van der Waals surface area contributed by atoms with Crippen LogP contribution in [0.5, 0.6) is 0 Å². The van der Waals surface area contributed by atoms with Crippen molar-refractivity contribution < 1.29 is 9.53 Å². The molecule has 0 aliphatic carbocycles. The van der Waals surface area contributed by atoms with Gasteiger partial charge >= 0.3 is 5.97 Å². The van der Waals surface area contributed by atoms with Gasteiger partial charge in [-0.1, -0.05) is 29.3 Å². The quantitative estimate of drug-likeness (QED) is 0.512. The molecule has 3 rings (SSSR count). The summed E-state index contributed by atoms with van der Waals surface area (Å²) in [6, 6.07) is 5.28. The Bertz CT molecular complexity index is 1110. The molecule has 0 saturated carbocycles. The molecule has 0 amide bonds. The third-order valence-electron chi connectivity index (χ3n) is 4.72. The van der Waals surface area contributed by atoms with E-state index in [0.717, 1.165) is 20.8 Å². The Kier molecular flexibility index (Phi) is 6.43. The van der Waals surface area contributed by atoms with Crippen molar-refractivity contribution in [1.29, 1.82) is 0 Å². The fraction of sp³-hybridized carbons (Fsp3) is 0.350. The van der Waals surface area contributed by atoms with E-state index in [9.17, 15) is 9.59 Å².